The van der Waals surface area contributed by atoms with Crippen LogP contribution in [0.5, 0.6) is 0 Å². The molecule has 0 aliphatic carbocycles. The zero-order valence-corrected chi connectivity index (χ0v) is 14.4. The van der Waals surface area contributed by atoms with E-state index in [0.717, 1.165) is 4.88 Å². The normalized spacial score (nSPS) is 19.3. The van der Waals surface area contributed by atoms with Crippen molar-refractivity contribution >= 4 is 32.7 Å². The van der Waals surface area contributed by atoms with Gasteiger partial charge < -0.3 is 5.11 Å². The molecule has 0 spiro atoms. The van der Waals surface area contributed by atoms with Gasteiger partial charge in [0.1, 0.15) is 10.3 Å². The third-order valence-corrected chi connectivity index (χ3v) is 7.97. The Kier molecular flexibility index (Phi) is 4.96. The molecule has 8 heteroatoms. The summed E-state index contributed by atoms with van der Waals surface area (Å²) in [7, 11) is -3.35. The van der Waals surface area contributed by atoms with E-state index in [0.29, 0.717) is 36.9 Å². The Morgan fingerprint density at radius 1 is 1.09 bits per heavy atom. The first-order valence-electron chi connectivity index (χ1n) is 7.05. The molecule has 1 saturated heterocycles. The van der Waals surface area contributed by atoms with Gasteiger partial charge in [-0.05, 0) is 22.9 Å². The maximum absolute atomic E-state index is 12.4. The highest BCUT2D eigenvalue weighted by Crippen LogP contribution is 2.23. The molecule has 1 aliphatic rings. The molecular weight excluding hydrogens is 340 g/mol. The highest BCUT2D eigenvalue weighted by molar-refractivity contribution is 7.91. The fourth-order valence-electron chi connectivity index (χ4n) is 2.51. The molecular formula is C14H18N2O3S3. The summed E-state index contributed by atoms with van der Waals surface area (Å²) in [5.41, 5.74) is 0. The fourth-order valence-corrected chi connectivity index (χ4v) is 5.78. The third-order valence-electron chi connectivity index (χ3n) is 3.72. The fraction of sp³-hybridized carbons (Fsp3) is 0.429. The highest BCUT2D eigenvalue weighted by atomic mass is 32.2. The van der Waals surface area contributed by atoms with E-state index in [9.17, 15) is 13.5 Å². The van der Waals surface area contributed by atoms with E-state index in [1.54, 1.807) is 28.8 Å². The summed E-state index contributed by atoms with van der Waals surface area (Å²) in [6.07, 6.45) is -0.500. The van der Waals surface area contributed by atoms with Crippen LogP contribution in [0.2, 0.25) is 0 Å². The minimum atomic E-state index is -3.35. The number of hydrogen-bond donors (Lipinski definition) is 1. The lowest BCUT2D eigenvalue weighted by atomic mass is 10.2. The van der Waals surface area contributed by atoms with Gasteiger partial charge in [-0.1, -0.05) is 12.1 Å². The van der Waals surface area contributed by atoms with Crippen LogP contribution in [0.25, 0.3) is 0 Å². The summed E-state index contributed by atoms with van der Waals surface area (Å²) in [6.45, 7) is 2.78. The minimum Gasteiger partial charge on any atom is -0.386 e. The van der Waals surface area contributed by atoms with Crippen molar-refractivity contribution in [2.75, 3.05) is 32.7 Å². The van der Waals surface area contributed by atoms with E-state index in [-0.39, 0.29) is 0 Å². The van der Waals surface area contributed by atoms with Gasteiger partial charge in [-0.15, -0.1) is 22.7 Å². The highest BCUT2D eigenvalue weighted by Gasteiger charge is 2.29. The Bertz CT molecular complexity index is 675. The van der Waals surface area contributed by atoms with Crippen LogP contribution < -0.4 is 0 Å². The number of piperazine rings is 1. The monoisotopic (exact) mass is 358 g/mol. The van der Waals surface area contributed by atoms with E-state index in [1.165, 1.54) is 15.6 Å². The maximum Gasteiger partial charge on any atom is 0.252 e. The van der Waals surface area contributed by atoms with Gasteiger partial charge in [0.05, 0.1) is 0 Å². The summed E-state index contributed by atoms with van der Waals surface area (Å²) in [4.78, 5) is 3.07. The van der Waals surface area contributed by atoms with Crippen molar-refractivity contribution in [1.82, 2.24) is 9.21 Å². The number of β-amino-alcohol motifs (C(OH)–C–C–N with tert-alkyl or cyclic N) is 1. The molecule has 2 aromatic heterocycles. The first-order chi connectivity index (χ1) is 10.6. The summed E-state index contributed by atoms with van der Waals surface area (Å²) >= 11 is 2.79. The molecule has 22 heavy (non-hydrogen) atoms. The number of aliphatic hydroxyl groups is 1. The van der Waals surface area contributed by atoms with Gasteiger partial charge in [0.15, 0.2) is 0 Å². The summed E-state index contributed by atoms with van der Waals surface area (Å²) in [5.74, 6) is 0. The van der Waals surface area contributed by atoms with Crippen LogP contribution in [-0.4, -0.2) is 55.5 Å². The molecule has 1 atom stereocenters. The molecule has 1 N–H and O–H groups in total. The van der Waals surface area contributed by atoms with Crippen LogP contribution in [0.15, 0.2) is 39.2 Å². The van der Waals surface area contributed by atoms with Gasteiger partial charge in [-0.2, -0.15) is 4.31 Å². The van der Waals surface area contributed by atoms with Crippen molar-refractivity contribution < 1.29 is 13.5 Å². The van der Waals surface area contributed by atoms with Crippen molar-refractivity contribution in [2.45, 2.75) is 10.3 Å². The minimum absolute atomic E-state index is 0.402. The van der Waals surface area contributed by atoms with E-state index >= 15 is 0 Å². The molecule has 5 nitrogen and oxygen atoms in total. The number of aliphatic hydroxyl groups excluding tert-OH is 1. The first kappa shape index (κ1) is 16.1. The second kappa shape index (κ2) is 6.77. The molecule has 2 aromatic rings. The van der Waals surface area contributed by atoms with E-state index in [1.807, 2.05) is 17.5 Å². The average molecular weight is 359 g/mol. The van der Waals surface area contributed by atoms with Crippen molar-refractivity contribution in [3.63, 3.8) is 0 Å². The number of rotatable bonds is 5. The van der Waals surface area contributed by atoms with Crippen LogP contribution >= 0.6 is 22.7 Å². The Hall–Kier alpha value is -0.770. The van der Waals surface area contributed by atoms with Crippen molar-refractivity contribution in [1.29, 1.82) is 0 Å². The summed E-state index contributed by atoms with van der Waals surface area (Å²) in [5, 5.41) is 13.9. The summed E-state index contributed by atoms with van der Waals surface area (Å²) < 4.78 is 26.8. The predicted octanol–water partition coefficient (Wildman–Crippen LogP) is 1.85. The van der Waals surface area contributed by atoms with Crippen LogP contribution in [-0.2, 0) is 10.0 Å². The Balaban J connectivity index is 1.57. The molecule has 1 aliphatic heterocycles. The first-order valence-corrected chi connectivity index (χ1v) is 10.2. The molecule has 0 bridgehead atoms. The molecule has 1 fully saturated rings. The lowest BCUT2D eigenvalue weighted by molar-refractivity contribution is 0.0943. The molecule has 0 saturated carbocycles. The van der Waals surface area contributed by atoms with Crippen molar-refractivity contribution in [3.8, 4) is 0 Å². The largest absolute Gasteiger partial charge is 0.386 e. The molecule has 0 radical (unpaired) electrons. The van der Waals surface area contributed by atoms with E-state index < -0.39 is 16.1 Å². The lowest BCUT2D eigenvalue weighted by Gasteiger charge is -2.34. The van der Waals surface area contributed by atoms with E-state index in [2.05, 4.69) is 4.90 Å². The van der Waals surface area contributed by atoms with Crippen molar-refractivity contribution in [3.05, 3.63) is 39.9 Å². The standard InChI is InChI=1S/C14H18N2O3S3/c17-12(13-3-1-9-20-13)11-15-5-7-16(8-6-15)22(18,19)14-4-2-10-21-14/h1-4,9-10,12,17H,5-8,11H2/t12-/m0/s1. The van der Waals surface area contributed by atoms with Crippen LogP contribution in [0.1, 0.15) is 11.0 Å². The Morgan fingerprint density at radius 2 is 1.77 bits per heavy atom. The predicted molar refractivity (Wildman–Crippen MR) is 88.8 cm³/mol. The molecule has 0 unspecified atom stereocenters. The number of thiophene rings is 2. The van der Waals surface area contributed by atoms with Gasteiger partial charge in [0, 0.05) is 37.6 Å². The van der Waals surface area contributed by atoms with Gasteiger partial charge in [-0.3, -0.25) is 4.90 Å². The summed E-state index contributed by atoms with van der Waals surface area (Å²) in [6, 6.07) is 7.25. The number of nitrogens with zero attached hydrogens (tertiary/aromatic N) is 2. The lowest BCUT2D eigenvalue weighted by Crippen LogP contribution is -2.49. The number of hydrogen-bond acceptors (Lipinski definition) is 6. The van der Waals surface area contributed by atoms with Gasteiger partial charge >= 0.3 is 0 Å². The number of sulfonamides is 1. The van der Waals surface area contributed by atoms with Crippen LogP contribution in [0.3, 0.4) is 0 Å². The molecule has 3 rings (SSSR count). The molecule has 3 heterocycles. The molecule has 0 aromatic carbocycles. The smallest absolute Gasteiger partial charge is 0.252 e. The molecule has 0 amide bonds. The van der Waals surface area contributed by atoms with Crippen LogP contribution in [0, 0.1) is 0 Å². The second-order valence-corrected chi connectivity index (χ2v) is 9.26. The topological polar surface area (TPSA) is 60.9 Å². The SMILES string of the molecule is O=S(=O)(c1cccs1)N1CCN(C[C@H](O)c2cccs2)CC1. The Labute approximate surface area is 138 Å². The van der Waals surface area contributed by atoms with Crippen molar-refractivity contribution in [2.24, 2.45) is 0 Å². The van der Waals surface area contributed by atoms with Gasteiger partial charge in [0.25, 0.3) is 10.0 Å². The van der Waals surface area contributed by atoms with E-state index in [4.69, 9.17) is 0 Å². The van der Waals surface area contributed by atoms with Crippen LogP contribution in [0.4, 0.5) is 0 Å². The van der Waals surface area contributed by atoms with Gasteiger partial charge in [-0.25, -0.2) is 8.42 Å². The Morgan fingerprint density at radius 3 is 2.36 bits per heavy atom. The third kappa shape index (κ3) is 3.42. The zero-order valence-electron chi connectivity index (χ0n) is 12.0. The molecule has 120 valence electrons. The average Bonchev–Trinajstić information content (AvgIpc) is 3.21. The zero-order chi connectivity index (χ0) is 15.6. The quantitative estimate of drug-likeness (QED) is 0.886. The maximum atomic E-state index is 12.4. The van der Waals surface area contributed by atoms with Gasteiger partial charge in [0.2, 0.25) is 0 Å². The second-order valence-electron chi connectivity index (χ2n) is 5.17.